The van der Waals surface area contributed by atoms with Crippen molar-refractivity contribution in [1.29, 1.82) is 0 Å². The summed E-state index contributed by atoms with van der Waals surface area (Å²) in [6.45, 7) is 5.78. The highest BCUT2D eigenvalue weighted by molar-refractivity contribution is 6.31. The molecule has 1 aromatic carbocycles. The molecule has 0 saturated carbocycles. The van der Waals surface area contributed by atoms with Crippen LogP contribution in [0.3, 0.4) is 0 Å². The SMILES string of the molecule is Cc1c(F)ccc(Cl)c1C(C)C. The molecule has 0 aromatic heterocycles. The fourth-order valence-corrected chi connectivity index (χ4v) is 1.80. The standard InChI is InChI=1S/C10H12ClF/c1-6(2)10-7(3)9(12)5-4-8(10)11/h4-6H,1-3H3. The summed E-state index contributed by atoms with van der Waals surface area (Å²) in [5, 5.41) is 0.656. The topological polar surface area (TPSA) is 0 Å². The Morgan fingerprint density at radius 1 is 1.33 bits per heavy atom. The molecule has 0 spiro atoms. The maximum Gasteiger partial charge on any atom is 0.126 e. The lowest BCUT2D eigenvalue weighted by molar-refractivity contribution is 0.612. The lowest BCUT2D eigenvalue weighted by Gasteiger charge is -2.11. The van der Waals surface area contributed by atoms with Gasteiger partial charge in [-0.15, -0.1) is 0 Å². The lowest BCUT2D eigenvalue weighted by Crippen LogP contribution is -1.96. The molecule has 0 N–H and O–H groups in total. The van der Waals surface area contributed by atoms with Gasteiger partial charge in [-0.3, -0.25) is 0 Å². The van der Waals surface area contributed by atoms with Crippen LogP contribution < -0.4 is 0 Å². The first kappa shape index (κ1) is 9.53. The fraction of sp³-hybridized carbons (Fsp3) is 0.400. The van der Waals surface area contributed by atoms with Gasteiger partial charge in [0.2, 0.25) is 0 Å². The van der Waals surface area contributed by atoms with E-state index in [1.165, 1.54) is 6.07 Å². The van der Waals surface area contributed by atoms with Gasteiger partial charge in [-0.1, -0.05) is 25.4 Å². The molecule has 0 bridgehead atoms. The molecule has 0 aliphatic heterocycles. The first-order chi connectivity index (χ1) is 5.54. The van der Waals surface area contributed by atoms with Gasteiger partial charge in [0.25, 0.3) is 0 Å². The van der Waals surface area contributed by atoms with E-state index in [-0.39, 0.29) is 11.7 Å². The summed E-state index contributed by atoms with van der Waals surface area (Å²) < 4.78 is 13.1. The molecule has 66 valence electrons. The average Bonchev–Trinajstić information content (AvgIpc) is 1.97. The summed E-state index contributed by atoms with van der Waals surface area (Å²) in [7, 11) is 0. The van der Waals surface area contributed by atoms with Gasteiger partial charge in [0.05, 0.1) is 0 Å². The van der Waals surface area contributed by atoms with Crippen LogP contribution in [0.1, 0.15) is 30.9 Å². The van der Waals surface area contributed by atoms with Gasteiger partial charge in [-0.2, -0.15) is 0 Å². The Labute approximate surface area is 77.4 Å². The summed E-state index contributed by atoms with van der Waals surface area (Å²) in [4.78, 5) is 0. The maximum absolute atomic E-state index is 13.1. The highest BCUT2D eigenvalue weighted by atomic mass is 35.5. The van der Waals surface area contributed by atoms with Gasteiger partial charge >= 0.3 is 0 Å². The number of hydrogen-bond donors (Lipinski definition) is 0. The molecule has 0 amide bonds. The summed E-state index contributed by atoms with van der Waals surface area (Å²) >= 11 is 5.93. The van der Waals surface area contributed by atoms with Gasteiger partial charge in [0.15, 0.2) is 0 Å². The first-order valence-corrected chi connectivity index (χ1v) is 4.36. The van der Waals surface area contributed by atoms with E-state index in [1.54, 1.807) is 13.0 Å². The Bertz CT molecular complexity index is 292. The van der Waals surface area contributed by atoms with Crippen LogP contribution in [-0.2, 0) is 0 Å². The van der Waals surface area contributed by atoms with Crippen molar-refractivity contribution in [3.63, 3.8) is 0 Å². The van der Waals surface area contributed by atoms with Crippen LogP contribution in [0.4, 0.5) is 4.39 Å². The fourth-order valence-electron chi connectivity index (χ4n) is 1.38. The van der Waals surface area contributed by atoms with E-state index in [4.69, 9.17) is 11.6 Å². The van der Waals surface area contributed by atoms with E-state index in [0.717, 1.165) is 5.56 Å². The molecule has 0 fully saturated rings. The van der Waals surface area contributed by atoms with E-state index < -0.39 is 0 Å². The van der Waals surface area contributed by atoms with Crippen molar-refractivity contribution in [1.82, 2.24) is 0 Å². The van der Waals surface area contributed by atoms with Crippen molar-refractivity contribution < 1.29 is 4.39 Å². The van der Waals surface area contributed by atoms with Crippen molar-refractivity contribution in [2.75, 3.05) is 0 Å². The van der Waals surface area contributed by atoms with Crippen LogP contribution >= 0.6 is 11.6 Å². The molecule has 1 rings (SSSR count). The maximum atomic E-state index is 13.1. The van der Waals surface area contributed by atoms with Crippen LogP contribution in [0.25, 0.3) is 0 Å². The van der Waals surface area contributed by atoms with Gasteiger partial charge < -0.3 is 0 Å². The van der Waals surface area contributed by atoms with E-state index in [9.17, 15) is 4.39 Å². The molecule has 0 saturated heterocycles. The molecule has 12 heavy (non-hydrogen) atoms. The zero-order valence-corrected chi connectivity index (χ0v) is 8.24. The quantitative estimate of drug-likeness (QED) is 0.624. The Morgan fingerprint density at radius 3 is 2.33 bits per heavy atom. The molecular formula is C10H12ClF. The monoisotopic (exact) mass is 186 g/mol. The van der Waals surface area contributed by atoms with Crippen LogP contribution in [0, 0.1) is 12.7 Å². The molecular weight excluding hydrogens is 175 g/mol. The minimum atomic E-state index is -0.178. The number of benzene rings is 1. The van der Waals surface area contributed by atoms with Crippen LogP contribution in [0.2, 0.25) is 5.02 Å². The summed E-state index contributed by atoms with van der Waals surface area (Å²) in [6.07, 6.45) is 0. The third-order valence-corrected chi connectivity index (χ3v) is 2.30. The van der Waals surface area contributed by atoms with Crippen molar-refractivity contribution in [3.8, 4) is 0 Å². The van der Waals surface area contributed by atoms with Crippen LogP contribution in [0.15, 0.2) is 12.1 Å². The zero-order chi connectivity index (χ0) is 9.30. The molecule has 0 aliphatic rings. The smallest absolute Gasteiger partial charge is 0.126 e. The first-order valence-electron chi connectivity index (χ1n) is 3.98. The highest BCUT2D eigenvalue weighted by Crippen LogP contribution is 2.28. The molecule has 0 radical (unpaired) electrons. The zero-order valence-electron chi connectivity index (χ0n) is 7.49. The van der Waals surface area contributed by atoms with Crippen LogP contribution in [-0.4, -0.2) is 0 Å². The van der Waals surface area contributed by atoms with Crippen molar-refractivity contribution in [2.24, 2.45) is 0 Å². The third kappa shape index (κ3) is 1.61. The van der Waals surface area contributed by atoms with Gasteiger partial charge in [0.1, 0.15) is 5.82 Å². The van der Waals surface area contributed by atoms with Crippen LogP contribution in [0.5, 0.6) is 0 Å². The van der Waals surface area contributed by atoms with E-state index in [1.807, 2.05) is 13.8 Å². The van der Waals surface area contributed by atoms with Crippen molar-refractivity contribution >= 4 is 11.6 Å². The predicted molar refractivity (Wildman–Crippen MR) is 50.2 cm³/mol. The minimum Gasteiger partial charge on any atom is -0.207 e. The molecule has 0 unspecified atom stereocenters. The van der Waals surface area contributed by atoms with E-state index in [0.29, 0.717) is 10.6 Å². The molecule has 1 aromatic rings. The minimum absolute atomic E-state index is 0.178. The molecule has 0 atom stereocenters. The Kier molecular flexibility index (Phi) is 2.73. The molecule has 0 aliphatic carbocycles. The molecule has 2 heteroatoms. The van der Waals surface area contributed by atoms with E-state index >= 15 is 0 Å². The highest BCUT2D eigenvalue weighted by Gasteiger charge is 2.11. The Morgan fingerprint density at radius 2 is 1.92 bits per heavy atom. The van der Waals surface area contributed by atoms with Gasteiger partial charge in [0, 0.05) is 5.02 Å². The van der Waals surface area contributed by atoms with E-state index in [2.05, 4.69) is 0 Å². The second-order valence-corrected chi connectivity index (χ2v) is 3.63. The Balaban J connectivity index is 3.33. The second kappa shape index (κ2) is 3.44. The molecule has 0 nitrogen and oxygen atoms in total. The van der Waals surface area contributed by atoms with Gasteiger partial charge in [-0.05, 0) is 36.1 Å². The average molecular weight is 187 g/mol. The predicted octanol–water partition coefficient (Wildman–Crippen LogP) is 3.91. The third-order valence-electron chi connectivity index (χ3n) is 1.97. The number of rotatable bonds is 1. The normalized spacial score (nSPS) is 10.8. The summed E-state index contributed by atoms with van der Waals surface area (Å²) in [6, 6.07) is 3.02. The number of hydrogen-bond acceptors (Lipinski definition) is 0. The second-order valence-electron chi connectivity index (χ2n) is 3.22. The summed E-state index contributed by atoms with van der Waals surface area (Å²) in [5.41, 5.74) is 1.58. The largest absolute Gasteiger partial charge is 0.207 e. The Hall–Kier alpha value is -0.560. The molecule has 0 heterocycles. The van der Waals surface area contributed by atoms with Crippen molar-refractivity contribution in [3.05, 3.63) is 34.1 Å². The van der Waals surface area contributed by atoms with Crippen molar-refractivity contribution in [2.45, 2.75) is 26.7 Å². The number of halogens is 2. The van der Waals surface area contributed by atoms with Gasteiger partial charge in [-0.25, -0.2) is 4.39 Å². The lowest BCUT2D eigenvalue weighted by atomic mass is 9.98. The summed E-state index contributed by atoms with van der Waals surface area (Å²) in [5.74, 6) is 0.0938.